The van der Waals surface area contributed by atoms with E-state index in [1.54, 1.807) is 0 Å². The van der Waals surface area contributed by atoms with Crippen molar-refractivity contribution in [3.63, 3.8) is 0 Å². The first-order valence-corrected chi connectivity index (χ1v) is 5.23. The van der Waals surface area contributed by atoms with E-state index < -0.39 is 6.36 Å². The molecule has 0 aliphatic rings. The molecule has 0 spiro atoms. The number of nitrogens with two attached hydrogens (primary N) is 1. The Hall–Kier alpha value is -0.620. The van der Waals surface area contributed by atoms with Gasteiger partial charge in [-0.25, -0.2) is 0 Å². The minimum Gasteiger partial charge on any atom is -0.406 e. The topological polar surface area (TPSA) is 35.2 Å². The van der Waals surface area contributed by atoms with Crippen molar-refractivity contribution in [3.8, 4) is 5.75 Å². The standard InChI is InChI=1S/C8H6BrClF3NO/c9-3-4-1-5(15-8(11,12)13)2-6(14)7(4)10/h1-2H,3,14H2. The van der Waals surface area contributed by atoms with Crippen molar-refractivity contribution in [1.29, 1.82) is 0 Å². The first kappa shape index (κ1) is 12.4. The number of hydrogen-bond acceptors (Lipinski definition) is 2. The minimum absolute atomic E-state index is 0.0490. The number of rotatable bonds is 2. The number of ether oxygens (including phenoxy) is 1. The van der Waals surface area contributed by atoms with E-state index in [0.29, 0.717) is 10.9 Å². The Morgan fingerprint density at radius 3 is 2.47 bits per heavy atom. The number of nitrogen functional groups attached to an aromatic ring is 1. The second-order valence-electron chi connectivity index (χ2n) is 2.67. The van der Waals surface area contributed by atoms with Crippen molar-refractivity contribution in [2.75, 3.05) is 5.73 Å². The first-order chi connectivity index (χ1) is 6.83. The van der Waals surface area contributed by atoms with Gasteiger partial charge in [0.1, 0.15) is 5.75 Å². The van der Waals surface area contributed by atoms with Crippen LogP contribution in [0.25, 0.3) is 0 Å². The predicted octanol–water partition coefficient (Wildman–Crippen LogP) is 3.72. The van der Waals surface area contributed by atoms with Gasteiger partial charge in [-0.15, -0.1) is 13.2 Å². The van der Waals surface area contributed by atoms with E-state index >= 15 is 0 Å². The summed E-state index contributed by atoms with van der Waals surface area (Å²) >= 11 is 8.82. The Kier molecular flexibility index (Phi) is 3.72. The van der Waals surface area contributed by atoms with Gasteiger partial charge >= 0.3 is 6.36 Å². The summed E-state index contributed by atoms with van der Waals surface area (Å²) in [4.78, 5) is 0. The van der Waals surface area contributed by atoms with Crippen LogP contribution in [0, 0.1) is 0 Å². The molecule has 1 rings (SSSR count). The van der Waals surface area contributed by atoms with Gasteiger partial charge in [0.25, 0.3) is 0 Å². The molecule has 2 nitrogen and oxygen atoms in total. The Morgan fingerprint density at radius 2 is 2.00 bits per heavy atom. The van der Waals surface area contributed by atoms with Crippen LogP contribution in [0.2, 0.25) is 5.02 Å². The van der Waals surface area contributed by atoms with Crippen molar-refractivity contribution < 1.29 is 17.9 Å². The maximum atomic E-state index is 11.9. The zero-order valence-corrected chi connectivity index (χ0v) is 9.58. The van der Waals surface area contributed by atoms with E-state index in [1.807, 2.05) is 0 Å². The summed E-state index contributed by atoms with van der Waals surface area (Å²) in [6.45, 7) is 0. The quantitative estimate of drug-likeness (QED) is 0.667. The van der Waals surface area contributed by atoms with Crippen LogP contribution >= 0.6 is 27.5 Å². The smallest absolute Gasteiger partial charge is 0.406 e. The average molecular weight is 304 g/mol. The molecule has 0 saturated heterocycles. The normalized spacial score (nSPS) is 11.5. The third-order valence-corrected chi connectivity index (χ3v) is 2.59. The molecule has 0 bridgehead atoms. The summed E-state index contributed by atoms with van der Waals surface area (Å²) < 4.78 is 39.4. The second kappa shape index (κ2) is 4.49. The highest BCUT2D eigenvalue weighted by Crippen LogP contribution is 2.32. The molecule has 1 aromatic rings. The van der Waals surface area contributed by atoms with Gasteiger partial charge in [0.05, 0.1) is 10.7 Å². The fourth-order valence-electron chi connectivity index (χ4n) is 0.969. The maximum Gasteiger partial charge on any atom is 0.573 e. The van der Waals surface area contributed by atoms with E-state index in [4.69, 9.17) is 17.3 Å². The molecule has 0 aliphatic heterocycles. The van der Waals surface area contributed by atoms with Gasteiger partial charge < -0.3 is 10.5 Å². The average Bonchev–Trinajstić information content (AvgIpc) is 2.08. The van der Waals surface area contributed by atoms with Gasteiger partial charge in [0.2, 0.25) is 0 Å². The molecule has 0 aromatic heterocycles. The largest absolute Gasteiger partial charge is 0.573 e. The number of alkyl halides is 4. The van der Waals surface area contributed by atoms with Crippen LogP contribution in [0.4, 0.5) is 18.9 Å². The summed E-state index contributed by atoms with van der Waals surface area (Å²) in [6.07, 6.45) is -4.73. The van der Waals surface area contributed by atoms with E-state index in [1.165, 1.54) is 6.07 Å². The van der Waals surface area contributed by atoms with Gasteiger partial charge in [0.15, 0.2) is 0 Å². The van der Waals surface area contributed by atoms with Crippen LogP contribution in [0.15, 0.2) is 12.1 Å². The third-order valence-electron chi connectivity index (χ3n) is 1.53. The molecule has 2 N–H and O–H groups in total. The van der Waals surface area contributed by atoms with Crippen LogP contribution in [-0.4, -0.2) is 6.36 Å². The van der Waals surface area contributed by atoms with Gasteiger partial charge in [-0.05, 0) is 11.6 Å². The third kappa shape index (κ3) is 3.46. The Balaban J connectivity index is 3.06. The van der Waals surface area contributed by atoms with Crippen LogP contribution in [-0.2, 0) is 5.33 Å². The lowest BCUT2D eigenvalue weighted by molar-refractivity contribution is -0.274. The highest BCUT2D eigenvalue weighted by Gasteiger charge is 2.31. The molecule has 84 valence electrons. The summed E-state index contributed by atoms with van der Waals surface area (Å²) in [5, 5.41) is 0.520. The summed E-state index contributed by atoms with van der Waals surface area (Å²) in [6, 6.07) is 2.21. The molecule has 0 amide bonds. The van der Waals surface area contributed by atoms with Crippen molar-refractivity contribution in [2.45, 2.75) is 11.7 Å². The van der Waals surface area contributed by atoms with E-state index in [0.717, 1.165) is 6.07 Å². The Labute approximate surface area is 97.3 Å². The van der Waals surface area contributed by atoms with Crippen LogP contribution in [0.5, 0.6) is 5.75 Å². The predicted molar refractivity (Wildman–Crippen MR) is 55.2 cm³/mol. The maximum absolute atomic E-state index is 11.9. The van der Waals surface area contributed by atoms with Gasteiger partial charge in [-0.2, -0.15) is 0 Å². The number of hydrogen-bond donors (Lipinski definition) is 1. The van der Waals surface area contributed by atoms with Crippen molar-refractivity contribution in [3.05, 3.63) is 22.7 Å². The summed E-state index contributed by atoms with van der Waals surface area (Å²) in [7, 11) is 0. The molecule has 0 atom stereocenters. The molecule has 0 fully saturated rings. The molecule has 1 aromatic carbocycles. The van der Waals surface area contributed by atoms with Crippen LogP contribution in [0.1, 0.15) is 5.56 Å². The molecule has 15 heavy (non-hydrogen) atoms. The van der Waals surface area contributed by atoms with Crippen LogP contribution < -0.4 is 10.5 Å². The zero-order valence-electron chi connectivity index (χ0n) is 7.24. The highest BCUT2D eigenvalue weighted by atomic mass is 79.9. The summed E-state index contributed by atoms with van der Waals surface area (Å²) in [5.41, 5.74) is 5.91. The van der Waals surface area contributed by atoms with E-state index in [-0.39, 0.29) is 16.5 Å². The highest BCUT2D eigenvalue weighted by molar-refractivity contribution is 9.08. The van der Waals surface area contributed by atoms with Gasteiger partial charge in [-0.1, -0.05) is 27.5 Å². The van der Waals surface area contributed by atoms with E-state index in [9.17, 15) is 13.2 Å². The number of benzene rings is 1. The lowest BCUT2D eigenvalue weighted by atomic mass is 10.2. The SMILES string of the molecule is Nc1cc(OC(F)(F)F)cc(CBr)c1Cl. The molecule has 0 saturated carbocycles. The molecule has 0 aliphatic carbocycles. The van der Waals surface area contributed by atoms with Gasteiger partial charge in [0, 0.05) is 11.4 Å². The monoisotopic (exact) mass is 303 g/mol. The number of halogens is 5. The fourth-order valence-corrected chi connectivity index (χ4v) is 1.75. The Morgan fingerprint density at radius 1 is 1.40 bits per heavy atom. The second-order valence-corrected chi connectivity index (χ2v) is 3.61. The lowest BCUT2D eigenvalue weighted by Crippen LogP contribution is -2.17. The molecular weight excluding hydrogens is 298 g/mol. The lowest BCUT2D eigenvalue weighted by Gasteiger charge is -2.11. The summed E-state index contributed by atoms with van der Waals surface area (Å²) in [5.74, 6) is -0.376. The zero-order chi connectivity index (χ0) is 11.6. The van der Waals surface area contributed by atoms with Crippen molar-refractivity contribution in [1.82, 2.24) is 0 Å². The molecule has 0 heterocycles. The minimum atomic E-state index is -4.73. The fraction of sp³-hybridized carbons (Fsp3) is 0.250. The van der Waals surface area contributed by atoms with Crippen molar-refractivity contribution in [2.24, 2.45) is 0 Å². The molecule has 7 heteroatoms. The van der Waals surface area contributed by atoms with Crippen molar-refractivity contribution >= 4 is 33.2 Å². The number of anilines is 1. The van der Waals surface area contributed by atoms with Crippen LogP contribution in [0.3, 0.4) is 0 Å². The Bertz CT molecular complexity index is 370. The molecular formula is C8H6BrClF3NO. The van der Waals surface area contributed by atoms with E-state index in [2.05, 4.69) is 20.7 Å². The molecule has 0 unspecified atom stereocenters. The first-order valence-electron chi connectivity index (χ1n) is 3.73. The van der Waals surface area contributed by atoms with Gasteiger partial charge in [-0.3, -0.25) is 0 Å². The molecule has 0 radical (unpaired) electrons.